The molecule has 28 heavy (non-hydrogen) atoms. The highest BCUT2D eigenvalue weighted by atomic mass is 32.1. The number of nitrogens with two attached hydrogens (primary N) is 1. The van der Waals surface area contributed by atoms with Crippen LogP contribution in [0.15, 0.2) is 0 Å². The number of aliphatic hydroxyl groups is 4. The van der Waals surface area contributed by atoms with E-state index >= 15 is 0 Å². The van der Waals surface area contributed by atoms with E-state index in [-0.39, 0.29) is 11.5 Å². The Morgan fingerprint density at radius 1 is 0.964 bits per heavy atom. The van der Waals surface area contributed by atoms with Crippen LogP contribution in [0.5, 0.6) is 0 Å². The van der Waals surface area contributed by atoms with E-state index in [2.05, 4.69) is 35.9 Å². The van der Waals surface area contributed by atoms with Crippen molar-refractivity contribution in [1.29, 1.82) is 0 Å². The summed E-state index contributed by atoms with van der Waals surface area (Å²) in [4.78, 5) is 21.2. The van der Waals surface area contributed by atoms with E-state index in [1.165, 1.54) is 0 Å². The lowest BCUT2D eigenvalue weighted by molar-refractivity contribution is -0.248. The van der Waals surface area contributed by atoms with Crippen LogP contribution in [0.25, 0.3) is 0 Å². The number of carboxylic acids is 2. The molecule has 1 fully saturated rings. The second-order valence-electron chi connectivity index (χ2n) is 5.86. The van der Waals surface area contributed by atoms with Crippen molar-refractivity contribution >= 4 is 37.2 Å². The van der Waals surface area contributed by atoms with Crippen molar-refractivity contribution < 1.29 is 45.0 Å². The van der Waals surface area contributed by atoms with E-state index < -0.39 is 61.3 Å². The summed E-state index contributed by atoms with van der Waals surface area (Å²) in [6, 6.07) is -2.48. The van der Waals surface area contributed by atoms with Gasteiger partial charge in [0.2, 0.25) is 0 Å². The van der Waals surface area contributed by atoms with Crippen molar-refractivity contribution in [3.8, 4) is 0 Å². The molecule has 1 aliphatic heterocycles. The molecule has 3 unspecified atom stereocenters. The van der Waals surface area contributed by atoms with E-state index in [0.717, 1.165) is 0 Å². The Kier molecular flexibility index (Phi) is 14.0. The maximum absolute atomic E-state index is 10.6. The zero-order valence-corrected chi connectivity index (χ0v) is 16.7. The fourth-order valence-corrected chi connectivity index (χ4v) is 2.64. The summed E-state index contributed by atoms with van der Waals surface area (Å²) in [5.74, 6) is -1.58. The number of nitrogens with one attached hydrogen (secondary N) is 2. The normalized spacial score (nSPS) is 29.3. The fraction of sp³-hybridized carbons (Fsp3) is 0.857. The van der Waals surface area contributed by atoms with Crippen molar-refractivity contribution in [2.75, 3.05) is 31.2 Å². The predicted molar refractivity (Wildman–Crippen MR) is 105 cm³/mol. The van der Waals surface area contributed by atoms with E-state index in [1.54, 1.807) is 0 Å². The van der Waals surface area contributed by atoms with Gasteiger partial charge in [-0.2, -0.15) is 25.3 Å². The molecule has 0 aromatic heterocycles. The second kappa shape index (κ2) is 14.3. The topological polar surface area (TPSA) is 215 Å². The van der Waals surface area contributed by atoms with E-state index in [9.17, 15) is 19.8 Å². The van der Waals surface area contributed by atoms with Gasteiger partial charge in [-0.1, -0.05) is 0 Å². The molecule has 1 saturated heterocycles. The Hall–Kier alpha value is -0.680. The number of hydrogen-bond donors (Lipinski definition) is 11. The van der Waals surface area contributed by atoms with E-state index in [0.29, 0.717) is 13.1 Å². The minimum atomic E-state index is -1.35. The molecular formula is C14H29N3O9S2. The molecule has 1 aliphatic rings. The smallest absolute Gasteiger partial charge is 0.321 e. The molecule has 14 heteroatoms. The van der Waals surface area contributed by atoms with Crippen LogP contribution >= 0.6 is 25.3 Å². The van der Waals surface area contributed by atoms with Crippen LogP contribution in [0.2, 0.25) is 0 Å². The van der Waals surface area contributed by atoms with Crippen molar-refractivity contribution in [2.45, 2.75) is 42.7 Å². The maximum Gasteiger partial charge on any atom is 0.321 e. The summed E-state index contributed by atoms with van der Waals surface area (Å²) < 4.78 is 4.70. The largest absolute Gasteiger partial charge is 0.480 e. The van der Waals surface area contributed by atoms with Crippen molar-refractivity contribution in [3.05, 3.63) is 0 Å². The van der Waals surface area contributed by atoms with Crippen LogP contribution in [0.3, 0.4) is 0 Å². The van der Waals surface area contributed by atoms with Crippen LogP contribution < -0.4 is 16.4 Å². The van der Waals surface area contributed by atoms with Gasteiger partial charge >= 0.3 is 11.9 Å². The predicted octanol–water partition coefficient (Wildman–Crippen LogP) is -4.32. The highest BCUT2D eigenvalue weighted by molar-refractivity contribution is 7.80. The monoisotopic (exact) mass is 447 g/mol. The SMILES string of the molecule is N[C@H]1C(O)O[C@H](CO)[C@@H](O)[C@@H]1O.O=C(O)C(CS)NCCNC(CS)C(=O)O. The lowest BCUT2D eigenvalue weighted by atomic mass is 9.98. The van der Waals surface area contributed by atoms with Crippen LogP contribution in [-0.4, -0.2) is 117 Å². The molecule has 1 heterocycles. The first kappa shape index (κ1) is 27.3. The lowest BCUT2D eigenvalue weighted by Gasteiger charge is -2.38. The molecule has 12 nitrogen and oxygen atoms in total. The first-order chi connectivity index (χ1) is 13.1. The molecule has 0 spiro atoms. The van der Waals surface area contributed by atoms with Gasteiger partial charge in [-0.05, 0) is 0 Å². The maximum atomic E-state index is 10.6. The highest BCUT2D eigenvalue weighted by Gasteiger charge is 2.41. The third kappa shape index (κ3) is 9.21. The number of carbonyl (C=O) groups is 2. The van der Waals surface area contributed by atoms with Crippen LogP contribution in [0.1, 0.15) is 0 Å². The Balaban J connectivity index is 0.000000540. The minimum absolute atomic E-state index is 0.185. The third-order valence-electron chi connectivity index (χ3n) is 3.82. The number of aliphatic hydroxyl groups excluding tert-OH is 4. The van der Waals surface area contributed by atoms with Crippen molar-refractivity contribution in [3.63, 3.8) is 0 Å². The first-order valence-electron chi connectivity index (χ1n) is 8.30. The molecule has 0 aromatic carbocycles. The van der Waals surface area contributed by atoms with Gasteiger partial charge in [-0.3, -0.25) is 9.59 Å². The van der Waals surface area contributed by atoms with Crippen LogP contribution in [-0.2, 0) is 14.3 Å². The molecule has 166 valence electrons. The van der Waals surface area contributed by atoms with Gasteiger partial charge in [0.25, 0.3) is 0 Å². The number of thiol groups is 2. The Bertz CT molecular complexity index is 449. The molecular weight excluding hydrogens is 418 g/mol. The Morgan fingerprint density at radius 3 is 1.71 bits per heavy atom. The number of hydrogen-bond acceptors (Lipinski definition) is 12. The average Bonchev–Trinajstić information content (AvgIpc) is 2.65. The summed E-state index contributed by atoms with van der Waals surface area (Å²) in [5.41, 5.74) is 5.26. The first-order valence-corrected chi connectivity index (χ1v) is 9.57. The quantitative estimate of drug-likeness (QED) is 0.113. The molecule has 0 saturated carbocycles. The standard InChI is InChI=1S/C8H16N2O4S2.C6H13NO5/c11-7(12)5(3-15)9-1-2-10-6(4-16)8(13)14;7-3-5(10)4(9)2(1-8)12-6(3)11/h5-6,9-10,15-16H,1-4H2,(H,11,12)(H,13,14);2-6,8-11H,1,7H2/t;2-,3-,4-,5-,6?/m.1/s1. The molecule has 0 radical (unpaired) electrons. The Morgan fingerprint density at radius 2 is 1.39 bits per heavy atom. The molecule has 0 bridgehead atoms. The number of ether oxygens (including phenoxy) is 1. The Labute approximate surface area is 172 Å². The van der Waals surface area contributed by atoms with E-state index in [1.807, 2.05) is 0 Å². The third-order valence-corrected chi connectivity index (χ3v) is 4.55. The number of rotatable bonds is 10. The molecule has 1 rings (SSSR count). The summed E-state index contributed by atoms with van der Waals surface area (Å²) in [5, 5.41) is 58.9. The van der Waals surface area contributed by atoms with Crippen LogP contribution in [0, 0.1) is 0 Å². The van der Waals surface area contributed by atoms with Crippen molar-refractivity contribution in [1.82, 2.24) is 10.6 Å². The number of carboxylic acid groups (broad SMARTS) is 2. The fourth-order valence-electron chi connectivity index (χ4n) is 2.07. The van der Waals surface area contributed by atoms with E-state index in [4.69, 9.17) is 30.9 Å². The van der Waals surface area contributed by atoms with Crippen molar-refractivity contribution in [2.24, 2.45) is 5.73 Å². The molecule has 0 aliphatic carbocycles. The summed E-state index contributed by atoms with van der Waals surface area (Å²) in [6.45, 7) is 0.242. The van der Waals surface area contributed by atoms with Crippen LogP contribution in [0.4, 0.5) is 0 Å². The molecule has 0 aromatic rings. The van der Waals surface area contributed by atoms with Gasteiger partial charge < -0.3 is 51.7 Å². The zero-order valence-electron chi connectivity index (χ0n) is 15.0. The van der Waals surface area contributed by atoms with Gasteiger partial charge in [-0.25, -0.2) is 0 Å². The summed E-state index contributed by atoms with van der Waals surface area (Å²) >= 11 is 7.76. The zero-order chi connectivity index (χ0) is 21.9. The lowest BCUT2D eigenvalue weighted by Crippen LogP contribution is -2.61. The van der Waals surface area contributed by atoms with Gasteiger partial charge in [0.15, 0.2) is 6.29 Å². The molecule has 10 N–H and O–H groups in total. The summed E-state index contributed by atoms with van der Waals surface area (Å²) in [6.07, 6.45) is -4.85. The van der Waals surface area contributed by atoms with Gasteiger partial charge in [-0.15, -0.1) is 0 Å². The molecule has 0 amide bonds. The number of aliphatic carboxylic acids is 2. The van der Waals surface area contributed by atoms with Gasteiger partial charge in [0, 0.05) is 24.6 Å². The van der Waals surface area contributed by atoms with Gasteiger partial charge in [0.1, 0.15) is 30.4 Å². The molecule has 7 atom stereocenters. The highest BCUT2D eigenvalue weighted by Crippen LogP contribution is 2.17. The second-order valence-corrected chi connectivity index (χ2v) is 6.59. The average molecular weight is 448 g/mol. The van der Waals surface area contributed by atoms with Gasteiger partial charge in [0.05, 0.1) is 12.6 Å². The summed E-state index contributed by atoms with van der Waals surface area (Å²) in [7, 11) is 0. The minimum Gasteiger partial charge on any atom is -0.480 e.